The number of hydrogen-bond acceptors (Lipinski definition) is 3. The highest BCUT2D eigenvalue weighted by Gasteiger charge is 2.27. The predicted octanol–water partition coefficient (Wildman–Crippen LogP) is 2.62. The number of hydrogen-bond donors (Lipinski definition) is 1. The van der Waals surface area contributed by atoms with Gasteiger partial charge in [-0.05, 0) is 30.9 Å². The van der Waals surface area contributed by atoms with Crippen molar-refractivity contribution in [2.45, 2.75) is 38.9 Å². The summed E-state index contributed by atoms with van der Waals surface area (Å²) < 4.78 is 11.3. The van der Waals surface area contributed by atoms with Gasteiger partial charge in [0.25, 0.3) is 0 Å². The van der Waals surface area contributed by atoms with Crippen LogP contribution in [0.15, 0.2) is 24.3 Å². The molecule has 0 radical (unpaired) electrons. The van der Waals surface area contributed by atoms with Crippen molar-refractivity contribution >= 4 is 0 Å². The second-order valence-electron chi connectivity index (χ2n) is 4.95. The van der Waals surface area contributed by atoms with Gasteiger partial charge in [-0.2, -0.15) is 0 Å². The molecule has 0 saturated carbocycles. The van der Waals surface area contributed by atoms with Gasteiger partial charge >= 0.3 is 0 Å². The Balaban J connectivity index is 1.93. The van der Waals surface area contributed by atoms with Crippen molar-refractivity contribution in [1.29, 1.82) is 0 Å². The zero-order chi connectivity index (χ0) is 12.3. The molecule has 0 aromatic heterocycles. The molecule has 0 fully saturated rings. The molecule has 0 bridgehead atoms. The smallest absolute Gasteiger partial charge is 0.161 e. The molecule has 1 N–H and O–H groups in total. The van der Waals surface area contributed by atoms with Gasteiger partial charge < -0.3 is 14.6 Å². The third-order valence-corrected chi connectivity index (χ3v) is 3.00. The molecule has 0 amide bonds. The minimum absolute atomic E-state index is 0.247. The number of aliphatic hydroxyl groups is 1. The Bertz CT molecular complexity index is 362. The van der Waals surface area contributed by atoms with Crippen LogP contribution in [-0.2, 0) is 0 Å². The summed E-state index contributed by atoms with van der Waals surface area (Å²) in [4.78, 5) is 0. The van der Waals surface area contributed by atoms with Crippen molar-refractivity contribution in [3.05, 3.63) is 24.3 Å². The van der Waals surface area contributed by atoms with E-state index in [0.717, 1.165) is 24.3 Å². The van der Waals surface area contributed by atoms with Crippen molar-refractivity contribution in [1.82, 2.24) is 0 Å². The first kappa shape index (κ1) is 12.2. The van der Waals surface area contributed by atoms with E-state index in [0.29, 0.717) is 12.5 Å². The lowest BCUT2D eigenvalue weighted by Gasteiger charge is -2.29. The fourth-order valence-corrected chi connectivity index (χ4v) is 1.92. The number of rotatable bonds is 4. The zero-order valence-corrected chi connectivity index (χ0v) is 10.4. The van der Waals surface area contributed by atoms with Crippen LogP contribution < -0.4 is 9.47 Å². The second-order valence-corrected chi connectivity index (χ2v) is 4.95. The van der Waals surface area contributed by atoms with Gasteiger partial charge in [0.05, 0.1) is 6.10 Å². The molecule has 94 valence electrons. The van der Waals surface area contributed by atoms with Gasteiger partial charge in [-0.1, -0.05) is 26.0 Å². The highest BCUT2D eigenvalue weighted by molar-refractivity contribution is 5.40. The van der Waals surface area contributed by atoms with Gasteiger partial charge in [0.1, 0.15) is 6.61 Å². The Morgan fingerprint density at radius 3 is 2.65 bits per heavy atom. The highest BCUT2D eigenvalue weighted by Crippen LogP contribution is 2.32. The Hall–Kier alpha value is -1.22. The van der Waals surface area contributed by atoms with Crippen LogP contribution in [0.2, 0.25) is 0 Å². The SMILES string of the molecule is CC(C)CCC(O)C1COc2ccccc2O1. The van der Waals surface area contributed by atoms with Crippen molar-refractivity contribution in [2.24, 2.45) is 5.92 Å². The van der Waals surface area contributed by atoms with E-state index in [-0.39, 0.29) is 6.10 Å². The Morgan fingerprint density at radius 2 is 1.94 bits per heavy atom. The summed E-state index contributed by atoms with van der Waals surface area (Å²) >= 11 is 0. The number of fused-ring (bicyclic) bond motifs is 1. The molecule has 0 spiro atoms. The minimum atomic E-state index is -0.453. The first-order valence-electron chi connectivity index (χ1n) is 6.23. The summed E-state index contributed by atoms with van der Waals surface area (Å²) in [5.41, 5.74) is 0. The van der Waals surface area contributed by atoms with Crippen LogP contribution >= 0.6 is 0 Å². The standard InChI is InChI=1S/C14H20O3/c1-10(2)7-8-11(15)14-9-16-12-5-3-4-6-13(12)17-14/h3-6,10-11,14-15H,7-9H2,1-2H3. The third-order valence-electron chi connectivity index (χ3n) is 3.00. The molecule has 1 heterocycles. The summed E-state index contributed by atoms with van der Waals surface area (Å²) in [7, 11) is 0. The molecule has 3 heteroatoms. The molecule has 2 unspecified atom stereocenters. The Labute approximate surface area is 102 Å². The van der Waals surface area contributed by atoms with Crippen LogP contribution in [0.25, 0.3) is 0 Å². The van der Waals surface area contributed by atoms with Gasteiger partial charge in [-0.25, -0.2) is 0 Å². The lowest BCUT2D eigenvalue weighted by atomic mass is 10.0. The zero-order valence-electron chi connectivity index (χ0n) is 10.4. The summed E-state index contributed by atoms with van der Waals surface area (Å²) in [6.07, 6.45) is 1.06. The molecule has 17 heavy (non-hydrogen) atoms. The number of ether oxygens (including phenoxy) is 2. The highest BCUT2D eigenvalue weighted by atomic mass is 16.6. The maximum Gasteiger partial charge on any atom is 0.161 e. The summed E-state index contributed by atoms with van der Waals surface area (Å²) in [5, 5.41) is 10.0. The average molecular weight is 236 g/mol. The second kappa shape index (κ2) is 5.41. The third kappa shape index (κ3) is 3.13. The van der Waals surface area contributed by atoms with Gasteiger partial charge in [-0.15, -0.1) is 0 Å². The van der Waals surface area contributed by atoms with Gasteiger partial charge in [0, 0.05) is 0 Å². The lowest BCUT2D eigenvalue weighted by molar-refractivity contribution is -0.0156. The van der Waals surface area contributed by atoms with Crippen LogP contribution in [0, 0.1) is 5.92 Å². The van der Waals surface area contributed by atoms with E-state index in [1.54, 1.807) is 0 Å². The molecule has 1 aromatic carbocycles. The molecular weight excluding hydrogens is 216 g/mol. The van der Waals surface area contributed by atoms with E-state index < -0.39 is 6.10 Å². The van der Waals surface area contributed by atoms with Crippen molar-refractivity contribution in [3.8, 4) is 11.5 Å². The molecule has 2 atom stereocenters. The van der Waals surface area contributed by atoms with E-state index in [1.807, 2.05) is 24.3 Å². The topological polar surface area (TPSA) is 38.7 Å². The maximum absolute atomic E-state index is 10.0. The van der Waals surface area contributed by atoms with E-state index in [2.05, 4.69) is 13.8 Å². The van der Waals surface area contributed by atoms with Crippen LogP contribution in [0.3, 0.4) is 0 Å². The van der Waals surface area contributed by atoms with Crippen LogP contribution in [0.1, 0.15) is 26.7 Å². The predicted molar refractivity (Wildman–Crippen MR) is 66.4 cm³/mol. The number of para-hydroxylation sites is 2. The van der Waals surface area contributed by atoms with Crippen LogP contribution in [0.4, 0.5) is 0 Å². The normalized spacial score (nSPS) is 20.4. The number of benzene rings is 1. The average Bonchev–Trinajstić information content (AvgIpc) is 2.35. The fraction of sp³-hybridized carbons (Fsp3) is 0.571. The molecule has 1 aromatic rings. The Kier molecular flexibility index (Phi) is 3.89. The monoisotopic (exact) mass is 236 g/mol. The van der Waals surface area contributed by atoms with Crippen molar-refractivity contribution in [2.75, 3.05) is 6.61 Å². The van der Waals surface area contributed by atoms with Gasteiger partial charge in [-0.3, -0.25) is 0 Å². The molecule has 2 rings (SSSR count). The summed E-state index contributed by atoms with van der Waals surface area (Å²) in [6.45, 7) is 4.73. The Morgan fingerprint density at radius 1 is 1.24 bits per heavy atom. The largest absolute Gasteiger partial charge is 0.486 e. The van der Waals surface area contributed by atoms with E-state index in [9.17, 15) is 5.11 Å². The lowest BCUT2D eigenvalue weighted by Crippen LogP contribution is -2.39. The van der Waals surface area contributed by atoms with Crippen molar-refractivity contribution < 1.29 is 14.6 Å². The van der Waals surface area contributed by atoms with E-state index in [1.165, 1.54) is 0 Å². The molecule has 1 aliphatic heterocycles. The van der Waals surface area contributed by atoms with Gasteiger partial charge in [0.2, 0.25) is 0 Å². The van der Waals surface area contributed by atoms with E-state index >= 15 is 0 Å². The van der Waals surface area contributed by atoms with Crippen LogP contribution in [-0.4, -0.2) is 23.9 Å². The molecule has 3 nitrogen and oxygen atoms in total. The van der Waals surface area contributed by atoms with Crippen LogP contribution in [0.5, 0.6) is 11.5 Å². The quantitative estimate of drug-likeness (QED) is 0.873. The first-order chi connectivity index (χ1) is 8.16. The summed E-state index contributed by atoms with van der Waals surface area (Å²) in [6, 6.07) is 7.57. The maximum atomic E-state index is 10.0. The number of aliphatic hydroxyl groups excluding tert-OH is 1. The van der Waals surface area contributed by atoms with Crippen molar-refractivity contribution in [3.63, 3.8) is 0 Å². The molecule has 1 aliphatic rings. The molecule has 0 saturated heterocycles. The van der Waals surface area contributed by atoms with Gasteiger partial charge in [0.15, 0.2) is 17.6 Å². The summed E-state index contributed by atoms with van der Waals surface area (Å²) in [5.74, 6) is 2.09. The first-order valence-corrected chi connectivity index (χ1v) is 6.23. The fourth-order valence-electron chi connectivity index (χ4n) is 1.92. The van der Waals surface area contributed by atoms with E-state index in [4.69, 9.17) is 9.47 Å². The minimum Gasteiger partial charge on any atom is -0.486 e. The molecular formula is C14H20O3. The molecule has 0 aliphatic carbocycles.